The molecule has 1 fully saturated rings. The largest absolute Gasteiger partial charge is 0.306 e. The van der Waals surface area contributed by atoms with Gasteiger partial charge in [0.1, 0.15) is 11.2 Å². The first-order chi connectivity index (χ1) is 20.6. The number of pyridine rings is 1. The zero-order valence-corrected chi connectivity index (χ0v) is 25.9. The number of rotatable bonds is 7. The molecule has 5 rings (SSSR count). The maximum atomic E-state index is 9.47. The van der Waals surface area contributed by atoms with Crippen molar-refractivity contribution >= 4 is 17.3 Å². The lowest BCUT2D eigenvalue weighted by Crippen LogP contribution is -2.37. The van der Waals surface area contributed by atoms with E-state index in [0.29, 0.717) is 11.5 Å². The number of aromatic nitrogens is 1. The summed E-state index contributed by atoms with van der Waals surface area (Å²) >= 11 is 6.33. The van der Waals surface area contributed by atoms with Gasteiger partial charge in [-0.1, -0.05) is 92.2 Å². The third-order valence-corrected chi connectivity index (χ3v) is 7.38. The first-order valence-electron chi connectivity index (χ1n) is 14.7. The molecule has 1 aromatic heterocycles. The standard InChI is InChI=1S/C31H30ClN5.C3H6.C2H6/c1-2-6-23-17-29(36-34-20-23)25-13-15-37(16-14-25)21-22-9-11-26(12-10-22)30-28(24-7-4-3-5-8-24)18-27(19-33)31(32)35-30;1-3-2;1-2/h2-5,7-12,17-18,25,34H,1,6,13-16,20-21H2;3H,1H2,2H3;1-2H3. The molecule has 0 radical (unpaired) electrons. The molecule has 218 valence electrons. The average molecular weight is 580 g/mol. The minimum atomic E-state index is 0.230. The van der Waals surface area contributed by atoms with Crippen LogP contribution >= 0.6 is 11.6 Å². The summed E-state index contributed by atoms with van der Waals surface area (Å²) < 4.78 is 0. The van der Waals surface area contributed by atoms with Crippen LogP contribution in [0, 0.1) is 17.2 Å². The van der Waals surface area contributed by atoms with Crippen LogP contribution in [-0.2, 0) is 6.54 Å². The van der Waals surface area contributed by atoms with E-state index in [0.717, 1.165) is 67.8 Å². The number of nitrogens with one attached hydrogen (secondary N) is 1. The molecule has 2 aromatic carbocycles. The number of allylic oxidation sites excluding steroid dienone is 3. The van der Waals surface area contributed by atoms with E-state index in [1.807, 2.05) is 63.2 Å². The number of benzene rings is 2. The zero-order valence-electron chi connectivity index (χ0n) is 25.1. The number of hydrogen-bond acceptors (Lipinski definition) is 5. The lowest BCUT2D eigenvalue weighted by Gasteiger charge is -2.32. The van der Waals surface area contributed by atoms with Crippen LogP contribution in [0.2, 0.25) is 5.15 Å². The fraction of sp³-hybridized carbons (Fsp3) is 0.306. The molecule has 1 saturated heterocycles. The molecule has 0 bridgehead atoms. The highest BCUT2D eigenvalue weighted by molar-refractivity contribution is 6.30. The van der Waals surface area contributed by atoms with E-state index in [9.17, 15) is 5.26 Å². The molecule has 6 heteroatoms. The van der Waals surface area contributed by atoms with Crippen LogP contribution < -0.4 is 5.43 Å². The lowest BCUT2D eigenvalue weighted by molar-refractivity contribution is 0.202. The summed E-state index contributed by atoms with van der Waals surface area (Å²) in [5.41, 5.74) is 11.1. The second-order valence-corrected chi connectivity index (χ2v) is 10.4. The first kappa shape index (κ1) is 32.5. The van der Waals surface area contributed by atoms with Crippen LogP contribution in [-0.4, -0.2) is 35.2 Å². The van der Waals surface area contributed by atoms with Gasteiger partial charge in [-0.15, -0.1) is 13.2 Å². The van der Waals surface area contributed by atoms with Gasteiger partial charge in [0.15, 0.2) is 0 Å². The second kappa shape index (κ2) is 17.1. The van der Waals surface area contributed by atoms with Crippen molar-refractivity contribution in [2.45, 2.75) is 46.6 Å². The first-order valence-corrected chi connectivity index (χ1v) is 15.1. The quantitative estimate of drug-likeness (QED) is 0.224. The molecular weight excluding hydrogens is 538 g/mol. The van der Waals surface area contributed by atoms with Crippen molar-refractivity contribution in [3.8, 4) is 28.5 Å². The smallest absolute Gasteiger partial charge is 0.147 e. The third-order valence-electron chi connectivity index (χ3n) is 7.09. The van der Waals surface area contributed by atoms with E-state index in [1.54, 1.807) is 6.08 Å². The number of hydrazone groups is 1. The number of nitrogens with zero attached hydrogens (tertiary/aromatic N) is 4. The van der Waals surface area contributed by atoms with E-state index in [4.69, 9.17) is 11.6 Å². The average Bonchev–Trinajstić information content (AvgIpc) is 3.04. The molecule has 1 N–H and O–H groups in total. The van der Waals surface area contributed by atoms with E-state index in [2.05, 4.69) is 70.0 Å². The Labute approximate surface area is 257 Å². The molecule has 0 atom stereocenters. The van der Waals surface area contributed by atoms with E-state index >= 15 is 0 Å². The van der Waals surface area contributed by atoms with E-state index in [1.165, 1.54) is 16.8 Å². The van der Waals surface area contributed by atoms with Crippen LogP contribution in [0.25, 0.3) is 22.4 Å². The molecule has 3 heterocycles. The Kier molecular flexibility index (Phi) is 13.2. The summed E-state index contributed by atoms with van der Waals surface area (Å²) in [7, 11) is 0. The topological polar surface area (TPSA) is 64.3 Å². The summed E-state index contributed by atoms with van der Waals surface area (Å²) in [5, 5.41) is 14.3. The van der Waals surface area contributed by atoms with Crippen molar-refractivity contribution < 1.29 is 0 Å². The van der Waals surface area contributed by atoms with Gasteiger partial charge in [-0.2, -0.15) is 10.4 Å². The number of hydrogen-bond donors (Lipinski definition) is 1. The van der Waals surface area contributed by atoms with Crippen LogP contribution in [0.3, 0.4) is 0 Å². The summed E-state index contributed by atoms with van der Waals surface area (Å²) in [6, 6.07) is 22.5. The van der Waals surface area contributed by atoms with Crippen molar-refractivity contribution in [1.82, 2.24) is 15.3 Å². The summed E-state index contributed by atoms with van der Waals surface area (Å²) in [6.07, 6.45) is 9.12. The van der Waals surface area contributed by atoms with Gasteiger partial charge >= 0.3 is 0 Å². The molecule has 2 aliphatic rings. The van der Waals surface area contributed by atoms with Crippen LogP contribution in [0.15, 0.2) is 103 Å². The molecule has 3 aromatic rings. The molecule has 0 unspecified atom stereocenters. The highest BCUT2D eigenvalue weighted by Gasteiger charge is 2.24. The third kappa shape index (κ3) is 8.76. The maximum Gasteiger partial charge on any atom is 0.147 e. The van der Waals surface area contributed by atoms with Crippen LogP contribution in [0.5, 0.6) is 0 Å². The minimum Gasteiger partial charge on any atom is -0.306 e. The monoisotopic (exact) mass is 579 g/mol. The molecule has 0 amide bonds. The fourth-order valence-corrected chi connectivity index (χ4v) is 5.27. The van der Waals surface area contributed by atoms with Gasteiger partial charge in [0.25, 0.3) is 0 Å². The van der Waals surface area contributed by atoms with Gasteiger partial charge in [-0.05, 0) is 68.1 Å². The molecule has 0 aliphatic carbocycles. The number of piperidine rings is 1. The fourth-order valence-electron chi connectivity index (χ4n) is 5.09. The Morgan fingerprint density at radius 2 is 1.71 bits per heavy atom. The maximum absolute atomic E-state index is 9.47. The van der Waals surface area contributed by atoms with Gasteiger partial charge in [0, 0.05) is 23.6 Å². The van der Waals surface area contributed by atoms with Gasteiger partial charge in [-0.25, -0.2) is 4.98 Å². The van der Waals surface area contributed by atoms with E-state index < -0.39 is 0 Å². The Bertz CT molecular complexity index is 1410. The van der Waals surface area contributed by atoms with Crippen molar-refractivity contribution in [3.05, 3.63) is 114 Å². The van der Waals surface area contributed by atoms with E-state index in [-0.39, 0.29) is 5.15 Å². The lowest BCUT2D eigenvalue weighted by atomic mass is 9.89. The zero-order chi connectivity index (χ0) is 30.3. The Balaban J connectivity index is 0.000000910. The number of halogens is 1. The highest BCUT2D eigenvalue weighted by atomic mass is 35.5. The predicted molar refractivity (Wildman–Crippen MR) is 178 cm³/mol. The molecule has 42 heavy (non-hydrogen) atoms. The number of nitriles is 1. The van der Waals surface area contributed by atoms with Crippen LogP contribution in [0.1, 0.15) is 51.2 Å². The Morgan fingerprint density at radius 3 is 2.33 bits per heavy atom. The van der Waals surface area contributed by atoms with Gasteiger partial charge < -0.3 is 5.43 Å². The second-order valence-electron chi connectivity index (χ2n) is 10.0. The molecule has 0 saturated carbocycles. The summed E-state index contributed by atoms with van der Waals surface area (Å²) in [6.45, 7) is 17.0. The molecule has 2 aliphatic heterocycles. The molecular formula is C36H42ClN5. The molecule has 0 spiro atoms. The Morgan fingerprint density at radius 1 is 1.05 bits per heavy atom. The summed E-state index contributed by atoms with van der Waals surface area (Å²) in [5.74, 6) is 0.509. The molecule has 5 nitrogen and oxygen atoms in total. The predicted octanol–water partition coefficient (Wildman–Crippen LogP) is 8.83. The van der Waals surface area contributed by atoms with Gasteiger partial charge in [-0.3, -0.25) is 4.90 Å². The minimum absolute atomic E-state index is 0.230. The van der Waals surface area contributed by atoms with Gasteiger partial charge in [0.2, 0.25) is 0 Å². The normalized spacial score (nSPS) is 14.8. The van der Waals surface area contributed by atoms with Crippen molar-refractivity contribution in [1.29, 1.82) is 5.26 Å². The van der Waals surface area contributed by atoms with Crippen LogP contribution in [0.4, 0.5) is 0 Å². The summed E-state index contributed by atoms with van der Waals surface area (Å²) in [4.78, 5) is 7.13. The van der Waals surface area contributed by atoms with Crippen molar-refractivity contribution in [2.24, 2.45) is 11.0 Å². The van der Waals surface area contributed by atoms with Crippen molar-refractivity contribution in [2.75, 3.05) is 19.6 Å². The van der Waals surface area contributed by atoms with Gasteiger partial charge in [0.05, 0.1) is 23.5 Å². The number of likely N-dealkylation sites (tertiary alicyclic amines) is 1. The SMILES string of the molecule is C=CC.C=CCC1=CC(C2CCN(Cc3ccc(-c4nc(Cl)c(C#N)cc4-c4ccccc4)cc3)CC2)=NNC1.CC. The van der Waals surface area contributed by atoms with Crippen molar-refractivity contribution in [3.63, 3.8) is 0 Å². The Hall–Kier alpha value is -3.98. The highest BCUT2D eigenvalue weighted by Crippen LogP contribution is 2.34.